The summed E-state index contributed by atoms with van der Waals surface area (Å²) in [6.45, 7) is 3.47. The highest BCUT2D eigenvalue weighted by atomic mass is 16.3. The van der Waals surface area contributed by atoms with Crippen LogP contribution in [0.5, 0.6) is 5.75 Å². The third-order valence-electron chi connectivity index (χ3n) is 3.31. The van der Waals surface area contributed by atoms with Crippen molar-refractivity contribution in [3.63, 3.8) is 0 Å². The van der Waals surface area contributed by atoms with Crippen molar-refractivity contribution in [2.24, 2.45) is 16.1 Å². The van der Waals surface area contributed by atoms with Gasteiger partial charge in [0, 0.05) is 5.92 Å². The molecule has 0 aliphatic heterocycles. The molecule has 1 N–H and O–H groups in total. The van der Waals surface area contributed by atoms with E-state index in [4.69, 9.17) is 0 Å². The molecule has 0 radical (unpaired) electrons. The van der Waals surface area contributed by atoms with E-state index in [1.165, 1.54) is 0 Å². The number of phenols is 1. The van der Waals surface area contributed by atoms with Crippen LogP contribution in [0.3, 0.4) is 0 Å². The van der Waals surface area contributed by atoms with Crippen LogP contribution in [-0.2, 0) is 11.2 Å². The summed E-state index contributed by atoms with van der Waals surface area (Å²) < 4.78 is 0. The van der Waals surface area contributed by atoms with Crippen LogP contribution < -0.4 is 0 Å². The molecule has 0 aliphatic carbocycles. The van der Waals surface area contributed by atoms with Gasteiger partial charge in [0.2, 0.25) is 0 Å². The third-order valence-corrected chi connectivity index (χ3v) is 3.31. The van der Waals surface area contributed by atoms with E-state index in [-0.39, 0.29) is 17.5 Å². The van der Waals surface area contributed by atoms with Crippen molar-refractivity contribution in [3.05, 3.63) is 54.1 Å². The first-order valence-electron chi connectivity index (χ1n) is 6.85. The fourth-order valence-corrected chi connectivity index (χ4v) is 1.88. The monoisotopic (exact) mass is 282 g/mol. The van der Waals surface area contributed by atoms with Gasteiger partial charge in [0.15, 0.2) is 0 Å². The van der Waals surface area contributed by atoms with Gasteiger partial charge in [-0.3, -0.25) is 4.79 Å². The molecule has 4 heteroatoms. The molecular weight excluding hydrogens is 264 g/mol. The van der Waals surface area contributed by atoms with E-state index in [0.29, 0.717) is 12.1 Å². The standard InChI is InChI=1S/C17H18N2O2/c1-12(13(2)20)10-14-8-9-17(21)16(11-14)19-18-15-6-4-3-5-7-15/h3-9,11-12,21H,10H2,1-2H3/b19-18+. The Bertz CT molecular complexity index is 651. The largest absolute Gasteiger partial charge is 0.506 e. The number of rotatable bonds is 5. The van der Waals surface area contributed by atoms with Crippen molar-refractivity contribution in [3.8, 4) is 5.75 Å². The zero-order valence-corrected chi connectivity index (χ0v) is 12.2. The quantitative estimate of drug-likeness (QED) is 0.816. The maximum Gasteiger partial charge on any atom is 0.143 e. The van der Waals surface area contributed by atoms with Gasteiger partial charge < -0.3 is 5.11 Å². The van der Waals surface area contributed by atoms with Crippen molar-refractivity contribution in [2.45, 2.75) is 20.3 Å². The Morgan fingerprint density at radius 1 is 1.14 bits per heavy atom. The fraction of sp³-hybridized carbons (Fsp3) is 0.235. The van der Waals surface area contributed by atoms with E-state index >= 15 is 0 Å². The molecule has 0 bridgehead atoms. The number of hydrogen-bond donors (Lipinski definition) is 1. The number of nitrogens with zero attached hydrogens (tertiary/aromatic N) is 2. The average Bonchev–Trinajstić information content (AvgIpc) is 2.48. The predicted molar refractivity (Wildman–Crippen MR) is 82.3 cm³/mol. The van der Waals surface area contributed by atoms with Crippen molar-refractivity contribution in [1.29, 1.82) is 0 Å². The predicted octanol–water partition coefficient (Wildman–Crippen LogP) is 4.58. The van der Waals surface area contributed by atoms with Gasteiger partial charge in [0.1, 0.15) is 17.2 Å². The smallest absolute Gasteiger partial charge is 0.143 e. The lowest BCUT2D eigenvalue weighted by atomic mass is 9.97. The number of Topliss-reactive ketones (excluding diaryl/α,β-unsaturated/α-hetero) is 1. The van der Waals surface area contributed by atoms with Gasteiger partial charge in [-0.25, -0.2) is 0 Å². The maximum absolute atomic E-state index is 11.3. The first-order valence-corrected chi connectivity index (χ1v) is 6.85. The number of carbonyl (C=O) groups excluding carboxylic acids is 1. The zero-order chi connectivity index (χ0) is 15.2. The highest BCUT2D eigenvalue weighted by Crippen LogP contribution is 2.29. The van der Waals surface area contributed by atoms with Gasteiger partial charge >= 0.3 is 0 Å². The average molecular weight is 282 g/mol. The first kappa shape index (κ1) is 14.9. The molecule has 2 aromatic carbocycles. The number of aromatic hydroxyl groups is 1. The number of ketones is 1. The zero-order valence-electron chi connectivity index (χ0n) is 12.2. The Hall–Kier alpha value is -2.49. The Labute approximate surface area is 124 Å². The van der Waals surface area contributed by atoms with Crippen LogP contribution in [0.25, 0.3) is 0 Å². The molecule has 0 aliphatic rings. The van der Waals surface area contributed by atoms with E-state index in [2.05, 4.69) is 10.2 Å². The summed E-state index contributed by atoms with van der Waals surface area (Å²) in [6, 6.07) is 14.5. The van der Waals surface area contributed by atoms with Gasteiger partial charge in [-0.1, -0.05) is 31.2 Å². The highest BCUT2D eigenvalue weighted by Gasteiger charge is 2.10. The highest BCUT2D eigenvalue weighted by molar-refractivity contribution is 5.78. The first-order chi connectivity index (χ1) is 10.1. The summed E-state index contributed by atoms with van der Waals surface area (Å²) >= 11 is 0. The Morgan fingerprint density at radius 2 is 1.86 bits per heavy atom. The second-order valence-electron chi connectivity index (χ2n) is 5.07. The summed E-state index contributed by atoms with van der Waals surface area (Å²) in [7, 11) is 0. The molecule has 0 saturated heterocycles. The number of azo groups is 1. The van der Waals surface area contributed by atoms with E-state index in [0.717, 1.165) is 11.3 Å². The van der Waals surface area contributed by atoms with Crippen LogP contribution in [0.4, 0.5) is 11.4 Å². The fourth-order valence-electron chi connectivity index (χ4n) is 1.88. The third kappa shape index (κ3) is 4.24. The lowest BCUT2D eigenvalue weighted by Crippen LogP contribution is -2.09. The topological polar surface area (TPSA) is 62.0 Å². The minimum atomic E-state index is -0.0477. The number of carbonyl (C=O) groups is 1. The molecular formula is C17H18N2O2. The van der Waals surface area contributed by atoms with E-state index < -0.39 is 0 Å². The lowest BCUT2D eigenvalue weighted by Gasteiger charge is -2.08. The van der Waals surface area contributed by atoms with Crippen molar-refractivity contribution < 1.29 is 9.90 Å². The van der Waals surface area contributed by atoms with E-state index in [9.17, 15) is 9.90 Å². The summed E-state index contributed by atoms with van der Waals surface area (Å²) in [4.78, 5) is 11.3. The molecule has 4 nitrogen and oxygen atoms in total. The molecule has 0 saturated carbocycles. The minimum absolute atomic E-state index is 0.0477. The molecule has 0 fully saturated rings. The number of hydrogen-bond acceptors (Lipinski definition) is 4. The minimum Gasteiger partial charge on any atom is -0.506 e. The van der Waals surface area contributed by atoms with Crippen molar-refractivity contribution >= 4 is 17.2 Å². The Kier molecular flexibility index (Phi) is 4.82. The molecule has 0 aromatic heterocycles. The van der Waals surface area contributed by atoms with Gasteiger partial charge in [0.05, 0.1) is 5.69 Å². The second kappa shape index (κ2) is 6.79. The summed E-state index contributed by atoms with van der Waals surface area (Å²) in [5.74, 6) is 0.179. The van der Waals surface area contributed by atoms with E-state index in [1.807, 2.05) is 37.3 Å². The van der Waals surface area contributed by atoms with Crippen molar-refractivity contribution in [1.82, 2.24) is 0 Å². The van der Waals surface area contributed by atoms with Gasteiger partial charge in [-0.2, -0.15) is 5.11 Å². The summed E-state index contributed by atoms with van der Waals surface area (Å²) in [5.41, 5.74) is 2.09. The second-order valence-corrected chi connectivity index (χ2v) is 5.07. The molecule has 2 aromatic rings. The normalized spacial score (nSPS) is 12.5. The SMILES string of the molecule is CC(=O)C(C)Cc1ccc(O)c(/N=N/c2ccccc2)c1. The van der Waals surface area contributed by atoms with E-state index in [1.54, 1.807) is 25.1 Å². The molecule has 1 atom stereocenters. The molecule has 1 unspecified atom stereocenters. The molecule has 108 valence electrons. The van der Waals surface area contributed by atoms with Crippen LogP contribution in [0.1, 0.15) is 19.4 Å². The lowest BCUT2D eigenvalue weighted by molar-refractivity contribution is -0.120. The van der Waals surface area contributed by atoms with Gasteiger partial charge in [0.25, 0.3) is 0 Å². The maximum atomic E-state index is 11.3. The molecule has 0 spiro atoms. The summed E-state index contributed by atoms with van der Waals surface area (Å²) in [6.07, 6.45) is 0.628. The van der Waals surface area contributed by atoms with Crippen LogP contribution in [0.15, 0.2) is 58.8 Å². The number of benzene rings is 2. The van der Waals surface area contributed by atoms with Crippen LogP contribution in [-0.4, -0.2) is 10.9 Å². The molecule has 0 heterocycles. The van der Waals surface area contributed by atoms with Gasteiger partial charge in [-0.05, 0) is 43.2 Å². The van der Waals surface area contributed by atoms with Gasteiger partial charge in [-0.15, -0.1) is 5.11 Å². The Balaban J connectivity index is 2.19. The molecule has 0 amide bonds. The number of phenolic OH excluding ortho intramolecular Hbond substituents is 1. The van der Waals surface area contributed by atoms with Crippen LogP contribution in [0, 0.1) is 5.92 Å². The molecule has 2 rings (SSSR count). The van der Waals surface area contributed by atoms with Crippen molar-refractivity contribution in [2.75, 3.05) is 0 Å². The van der Waals surface area contributed by atoms with Crippen LogP contribution in [0.2, 0.25) is 0 Å². The Morgan fingerprint density at radius 3 is 2.52 bits per heavy atom. The summed E-state index contributed by atoms with van der Waals surface area (Å²) in [5, 5.41) is 18.0. The van der Waals surface area contributed by atoms with Crippen LogP contribution >= 0.6 is 0 Å². The molecule has 21 heavy (non-hydrogen) atoms.